The normalized spacial score (nSPS) is 13.4. The second kappa shape index (κ2) is 6.48. The van der Waals surface area contributed by atoms with Gasteiger partial charge in [0.1, 0.15) is 6.10 Å². The molecule has 0 bridgehead atoms. The van der Waals surface area contributed by atoms with Gasteiger partial charge < -0.3 is 4.74 Å². The quantitative estimate of drug-likeness (QED) is 0.750. The fraction of sp³-hybridized carbons (Fsp3) is 0.533. The predicted molar refractivity (Wildman–Crippen MR) is 78.0 cm³/mol. The third-order valence-electron chi connectivity index (χ3n) is 2.72. The molecule has 100 valence electrons. The summed E-state index contributed by atoms with van der Waals surface area (Å²) in [4.78, 5) is 12.1. The first-order valence-corrected chi connectivity index (χ1v) is 7.00. The summed E-state index contributed by atoms with van der Waals surface area (Å²) >= 11 is 3.35. The van der Waals surface area contributed by atoms with E-state index >= 15 is 0 Å². The number of Topliss-reactive ketones (excluding diaryl/α,β-unsaturated/α-hetero) is 1. The Hall–Kier alpha value is -0.670. The van der Waals surface area contributed by atoms with Crippen LogP contribution in [0.15, 0.2) is 28.7 Å². The SMILES string of the molecule is CC(OCCC(C)(C)C)C(=O)c1ccc(Br)cc1. The van der Waals surface area contributed by atoms with Crippen molar-refractivity contribution < 1.29 is 9.53 Å². The van der Waals surface area contributed by atoms with E-state index in [1.807, 2.05) is 31.2 Å². The maximum absolute atomic E-state index is 12.1. The average molecular weight is 313 g/mol. The Balaban J connectivity index is 2.49. The Bertz CT molecular complexity index is 390. The van der Waals surface area contributed by atoms with Crippen molar-refractivity contribution in [3.05, 3.63) is 34.3 Å². The second-order valence-electron chi connectivity index (χ2n) is 5.69. The van der Waals surface area contributed by atoms with E-state index in [0.717, 1.165) is 10.9 Å². The first kappa shape index (κ1) is 15.4. The summed E-state index contributed by atoms with van der Waals surface area (Å²) in [6.45, 7) is 8.92. The fourth-order valence-electron chi connectivity index (χ4n) is 1.47. The lowest BCUT2D eigenvalue weighted by atomic mass is 9.93. The van der Waals surface area contributed by atoms with Crippen LogP contribution in [0.5, 0.6) is 0 Å². The molecule has 0 spiro atoms. The van der Waals surface area contributed by atoms with Gasteiger partial charge in [0.25, 0.3) is 0 Å². The molecule has 0 aliphatic rings. The number of rotatable bonds is 5. The first-order chi connectivity index (χ1) is 8.29. The van der Waals surface area contributed by atoms with Crippen molar-refractivity contribution in [1.82, 2.24) is 0 Å². The number of hydrogen-bond donors (Lipinski definition) is 0. The molecular formula is C15H21BrO2. The zero-order chi connectivity index (χ0) is 13.8. The van der Waals surface area contributed by atoms with Gasteiger partial charge in [0.15, 0.2) is 5.78 Å². The highest BCUT2D eigenvalue weighted by Gasteiger charge is 2.17. The van der Waals surface area contributed by atoms with Gasteiger partial charge in [-0.25, -0.2) is 0 Å². The molecule has 2 nitrogen and oxygen atoms in total. The molecule has 0 aromatic heterocycles. The van der Waals surface area contributed by atoms with Gasteiger partial charge in [-0.1, -0.05) is 48.8 Å². The lowest BCUT2D eigenvalue weighted by molar-refractivity contribution is 0.0394. The van der Waals surface area contributed by atoms with Crippen molar-refractivity contribution in [2.24, 2.45) is 5.41 Å². The highest BCUT2D eigenvalue weighted by Crippen LogP contribution is 2.19. The first-order valence-electron chi connectivity index (χ1n) is 6.21. The standard InChI is InChI=1S/C15H21BrO2/c1-11(18-10-9-15(2,3)4)14(17)12-5-7-13(16)8-6-12/h5-8,11H,9-10H2,1-4H3. The molecule has 0 heterocycles. The summed E-state index contributed by atoms with van der Waals surface area (Å²) in [5.74, 6) is 0.0383. The summed E-state index contributed by atoms with van der Waals surface area (Å²) in [7, 11) is 0. The minimum Gasteiger partial charge on any atom is -0.370 e. The number of hydrogen-bond acceptors (Lipinski definition) is 2. The van der Waals surface area contributed by atoms with Crippen molar-refractivity contribution in [3.8, 4) is 0 Å². The minimum atomic E-state index is -0.381. The zero-order valence-electron chi connectivity index (χ0n) is 11.5. The molecule has 0 aliphatic heterocycles. The molecule has 0 amide bonds. The second-order valence-corrected chi connectivity index (χ2v) is 6.61. The van der Waals surface area contributed by atoms with Crippen LogP contribution >= 0.6 is 15.9 Å². The number of carbonyl (C=O) groups is 1. The van der Waals surface area contributed by atoms with Gasteiger partial charge in [0, 0.05) is 16.6 Å². The van der Waals surface area contributed by atoms with Crippen LogP contribution in [0.3, 0.4) is 0 Å². The average Bonchev–Trinajstić information content (AvgIpc) is 2.27. The maximum atomic E-state index is 12.1. The predicted octanol–water partition coefficient (Wildman–Crippen LogP) is 4.47. The lowest BCUT2D eigenvalue weighted by Gasteiger charge is -2.19. The van der Waals surface area contributed by atoms with Crippen LogP contribution < -0.4 is 0 Å². The van der Waals surface area contributed by atoms with Crippen molar-refractivity contribution in [2.45, 2.75) is 40.2 Å². The fourth-order valence-corrected chi connectivity index (χ4v) is 1.73. The molecule has 0 saturated heterocycles. The third-order valence-corrected chi connectivity index (χ3v) is 3.25. The largest absolute Gasteiger partial charge is 0.370 e. The highest BCUT2D eigenvalue weighted by atomic mass is 79.9. The maximum Gasteiger partial charge on any atom is 0.191 e. The molecule has 3 heteroatoms. The Kier molecular flexibility index (Phi) is 5.54. The summed E-state index contributed by atoms with van der Waals surface area (Å²) in [5, 5.41) is 0. The smallest absolute Gasteiger partial charge is 0.191 e. The van der Waals surface area contributed by atoms with Gasteiger partial charge in [0.2, 0.25) is 0 Å². The monoisotopic (exact) mass is 312 g/mol. The van der Waals surface area contributed by atoms with Gasteiger partial charge in [0.05, 0.1) is 0 Å². The molecule has 0 radical (unpaired) electrons. The van der Waals surface area contributed by atoms with E-state index in [4.69, 9.17) is 4.74 Å². The van der Waals surface area contributed by atoms with Crippen LogP contribution in [-0.4, -0.2) is 18.5 Å². The van der Waals surface area contributed by atoms with Crippen molar-refractivity contribution in [3.63, 3.8) is 0 Å². The topological polar surface area (TPSA) is 26.3 Å². The van der Waals surface area contributed by atoms with Gasteiger partial charge in [-0.2, -0.15) is 0 Å². The molecule has 18 heavy (non-hydrogen) atoms. The molecule has 1 aromatic rings. The van der Waals surface area contributed by atoms with E-state index in [2.05, 4.69) is 36.7 Å². The Morgan fingerprint density at radius 2 is 1.83 bits per heavy atom. The minimum absolute atomic E-state index is 0.0383. The van der Waals surface area contributed by atoms with Crippen LogP contribution in [0, 0.1) is 5.41 Å². The molecule has 1 aromatic carbocycles. The van der Waals surface area contributed by atoms with E-state index in [1.54, 1.807) is 0 Å². The number of ketones is 1. The summed E-state index contributed by atoms with van der Waals surface area (Å²) < 4.78 is 6.58. The molecule has 1 unspecified atom stereocenters. The highest BCUT2D eigenvalue weighted by molar-refractivity contribution is 9.10. The Morgan fingerprint density at radius 3 is 2.33 bits per heavy atom. The van der Waals surface area contributed by atoms with Crippen molar-refractivity contribution in [1.29, 1.82) is 0 Å². The third kappa shape index (κ3) is 5.32. The number of ether oxygens (including phenoxy) is 1. The van der Waals surface area contributed by atoms with Crippen LogP contribution in [0.25, 0.3) is 0 Å². The van der Waals surface area contributed by atoms with E-state index < -0.39 is 0 Å². The summed E-state index contributed by atoms with van der Waals surface area (Å²) in [5.41, 5.74) is 0.932. The van der Waals surface area contributed by atoms with Crippen LogP contribution in [-0.2, 0) is 4.74 Å². The van der Waals surface area contributed by atoms with Gasteiger partial charge in [-0.05, 0) is 30.9 Å². The number of benzene rings is 1. The summed E-state index contributed by atoms with van der Waals surface area (Å²) in [6, 6.07) is 7.37. The molecule has 1 atom stereocenters. The van der Waals surface area contributed by atoms with Crippen LogP contribution in [0.1, 0.15) is 44.5 Å². The van der Waals surface area contributed by atoms with Crippen molar-refractivity contribution >= 4 is 21.7 Å². The molecule has 0 N–H and O–H groups in total. The van der Waals surface area contributed by atoms with E-state index in [1.165, 1.54) is 0 Å². The van der Waals surface area contributed by atoms with E-state index in [-0.39, 0.29) is 17.3 Å². The number of carbonyl (C=O) groups excluding carboxylic acids is 1. The Labute approximate surface area is 118 Å². The zero-order valence-corrected chi connectivity index (χ0v) is 13.1. The molecule has 0 saturated carbocycles. The van der Waals surface area contributed by atoms with Gasteiger partial charge in [-0.15, -0.1) is 0 Å². The van der Waals surface area contributed by atoms with E-state index in [0.29, 0.717) is 12.2 Å². The van der Waals surface area contributed by atoms with E-state index in [9.17, 15) is 4.79 Å². The van der Waals surface area contributed by atoms with Crippen molar-refractivity contribution in [2.75, 3.05) is 6.61 Å². The Morgan fingerprint density at radius 1 is 1.28 bits per heavy atom. The lowest BCUT2D eigenvalue weighted by Crippen LogP contribution is -2.23. The molecule has 0 fully saturated rings. The van der Waals surface area contributed by atoms with Gasteiger partial charge in [-0.3, -0.25) is 4.79 Å². The van der Waals surface area contributed by atoms with Gasteiger partial charge >= 0.3 is 0 Å². The van der Waals surface area contributed by atoms with Crippen LogP contribution in [0.4, 0.5) is 0 Å². The molecular weight excluding hydrogens is 292 g/mol. The molecule has 1 rings (SSSR count). The van der Waals surface area contributed by atoms with Crippen LogP contribution in [0.2, 0.25) is 0 Å². The summed E-state index contributed by atoms with van der Waals surface area (Å²) in [6.07, 6.45) is 0.568. The molecule has 0 aliphatic carbocycles. The number of halogens is 1.